The Bertz CT molecular complexity index is 329. The predicted molar refractivity (Wildman–Crippen MR) is 60.3 cm³/mol. The van der Waals surface area contributed by atoms with Crippen LogP contribution in [0.3, 0.4) is 0 Å². The molecule has 0 saturated carbocycles. The van der Waals surface area contributed by atoms with Crippen LogP contribution >= 0.6 is 0 Å². The highest BCUT2D eigenvalue weighted by molar-refractivity contribution is 5.91. The first-order valence-corrected chi connectivity index (χ1v) is 5.77. The number of carboxylic acids is 1. The second-order valence-electron chi connectivity index (χ2n) is 4.29. The van der Waals surface area contributed by atoms with E-state index in [9.17, 15) is 14.4 Å². The first kappa shape index (κ1) is 13.5. The summed E-state index contributed by atoms with van der Waals surface area (Å²) in [5.41, 5.74) is 0. The van der Waals surface area contributed by atoms with Gasteiger partial charge in [0.05, 0.1) is 0 Å². The summed E-state index contributed by atoms with van der Waals surface area (Å²) >= 11 is 0. The van der Waals surface area contributed by atoms with Gasteiger partial charge in [-0.05, 0) is 19.8 Å². The summed E-state index contributed by atoms with van der Waals surface area (Å²) in [7, 11) is 0. The van der Waals surface area contributed by atoms with E-state index < -0.39 is 12.0 Å². The van der Waals surface area contributed by atoms with Crippen molar-refractivity contribution in [1.82, 2.24) is 10.2 Å². The zero-order valence-electron chi connectivity index (χ0n) is 10.1. The molecule has 2 unspecified atom stereocenters. The minimum atomic E-state index is -1.05. The van der Waals surface area contributed by atoms with Crippen LogP contribution in [0.4, 0.5) is 0 Å². The van der Waals surface area contributed by atoms with Gasteiger partial charge in [0.2, 0.25) is 11.8 Å². The van der Waals surface area contributed by atoms with E-state index in [4.69, 9.17) is 5.11 Å². The fourth-order valence-electron chi connectivity index (χ4n) is 1.77. The van der Waals surface area contributed by atoms with E-state index in [1.165, 1.54) is 0 Å². The zero-order valence-corrected chi connectivity index (χ0v) is 10.1. The molecule has 1 rings (SSSR count). The summed E-state index contributed by atoms with van der Waals surface area (Å²) in [6, 6.07) is -0.825. The molecule has 0 spiro atoms. The SMILES string of the molecule is CCC(C)NC(=O)CN1C(=O)CCC1C(=O)O. The maximum Gasteiger partial charge on any atom is 0.326 e. The van der Waals surface area contributed by atoms with E-state index in [1.54, 1.807) is 0 Å². The molecule has 2 N–H and O–H groups in total. The number of nitrogens with one attached hydrogen (secondary N) is 1. The number of hydrogen-bond donors (Lipinski definition) is 2. The molecule has 2 atom stereocenters. The molecule has 1 fully saturated rings. The number of carboxylic acid groups (broad SMARTS) is 1. The molecule has 1 saturated heterocycles. The number of carbonyl (C=O) groups is 3. The Labute approximate surface area is 100.0 Å². The normalized spacial score (nSPS) is 21.4. The molecule has 0 aromatic heterocycles. The number of amides is 2. The molecule has 1 aliphatic rings. The van der Waals surface area contributed by atoms with Crippen LogP contribution in [0.1, 0.15) is 33.1 Å². The fraction of sp³-hybridized carbons (Fsp3) is 0.727. The van der Waals surface area contributed by atoms with Gasteiger partial charge in [-0.1, -0.05) is 6.92 Å². The highest BCUT2D eigenvalue weighted by Gasteiger charge is 2.36. The summed E-state index contributed by atoms with van der Waals surface area (Å²) in [6.45, 7) is 3.63. The van der Waals surface area contributed by atoms with Crippen LogP contribution in [-0.2, 0) is 14.4 Å². The van der Waals surface area contributed by atoms with E-state index >= 15 is 0 Å². The fourth-order valence-corrected chi connectivity index (χ4v) is 1.77. The highest BCUT2D eigenvalue weighted by atomic mass is 16.4. The Hall–Kier alpha value is -1.59. The monoisotopic (exact) mass is 242 g/mol. The van der Waals surface area contributed by atoms with Gasteiger partial charge in [-0.2, -0.15) is 0 Å². The minimum absolute atomic E-state index is 0.0310. The molecule has 96 valence electrons. The second-order valence-corrected chi connectivity index (χ2v) is 4.29. The third-order valence-electron chi connectivity index (χ3n) is 2.95. The van der Waals surface area contributed by atoms with E-state index in [-0.39, 0.29) is 37.2 Å². The van der Waals surface area contributed by atoms with Crippen LogP contribution in [0.15, 0.2) is 0 Å². The number of likely N-dealkylation sites (tertiary alicyclic amines) is 1. The molecule has 1 aliphatic heterocycles. The summed E-state index contributed by atoms with van der Waals surface area (Å²) in [6.07, 6.45) is 1.28. The Morgan fingerprint density at radius 2 is 2.24 bits per heavy atom. The zero-order chi connectivity index (χ0) is 13.0. The first-order valence-electron chi connectivity index (χ1n) is 5.77. The van der Waals surface area contributed by atoms with Crippen molar-refractivity contribution < 1.29 is 19.5 Å². The molecule has 0 aliphatic carbocycles. The van der Waals surface area contributed by atoms with Gasteiger partial charge in [-0.3, -0.25) is 9.59 Å². The Balaban J connectivity index is 2.56. The lowest BCUT2D eigenvalue weighted by molar-refractivity contribution is -0.147. The molecule has 6 nitrogen and oxygen atoms in total. The quantitative estimate of drug-likeness (QED) is 0.709. The van der Waals surface area contributed by atoms with E-state index in [0.29, 0.717) is 0 Å². The van der Waals surface area contributed by atoms with Crippen molar-refractivity contribution >= 4 is 17.8 Å². The summed E-state index contributed by atoms with van der Waals surface area (Å²) < 4.78 is 0. The lowest BCUT2D eigenvalue weighted by Crippen LogP contribution is -2.46. The van der Waals surface area contributed by atoms with Crippen LogP contribution < -0.4 is 5.32 Å². The van der Waals surface area contributed by atoms with Crippen LogP contribution in [-0.4, -0.2) is 46.4 Å². The van der Waals surface area contributed by atoms with Gasteiger partial charge in [0, 0.05) is 12.5 Å². The minimum Gasteiger partial charge on any atom is -0.480 e. The van der Waals surface area contributed by atoms with Crippen molar-refractivity contribution in [3.63, 3.8) is 0 Å². The first-order chi connectivity index (χ1) is 7.95. The smallest absolute Gasteiger partial charge is 0.326 e. The van der Waals surface area contributed by atoms with Crippen LogP contribution in [0.5, 0.6) is 0 Å². The van der Waals surface area contributed by atoms with Gasteiger partial charge in [0.15, 0.2) is 0 Å². The van der Waals surface area contributed by atoms with Gasteiger partial charge in [-0.15, -0.1) is 0 Å². The average molecular weight is 242 g/mol. The van der Waals surface area contributed by atoms with Crippen LogP contribution in [0.25, 0.3) is 0 Å². The molecule has 6 heteroatoms. The molecule has 17 heavy (non-hydrogen) atoms. The molecule has 1 heterocycles. The molecule has 2 amide bonds. The van der Waals surface area contributed by atoms with Crippen molar-refractivity contribution in [2.24, 2.45) is 0 Å². The Morgan fingerprint density at radius 3 is 2.76 bits per heavy atom. The standard InChI is InChI=1S/C11H18N2O4/c1-3-7(2)12-9(14)6-13-8(11(16)17)4-5-10(13)15/h7-8H,3-6H2,1-2H3,(H,12,14)(H,16,17). The third kappa shape index (κ3) is 3.44. The topological polar surface area (TPSA) is 86.7 Å². The van der Waals surface area contributed by atoms with Crippen molar-refractivity contribution in [2.75, 3.05) is 6.54 Å². The molecule has 0 bridgehead atoms. The molecule has 0 aromatic carbocycles. The Kier molecular flexibility index (Phi) is 4.48. The summed E-state index contributed by atoms with van der Waals surface area (Å²) in [4.78, 5) is 35.1. The predicted octanol–water partition coefficient (Wildman–Crippen LogP) is -0.0233. The summed E-state index contributed by atoms with van der Waals surface area (Å²) in [5.74, 6) is -1.62. The van der Waals surface area contributed by atoms with Crippen molar-refractivity contribution in [2.45, 2.75) is 45.2 Å². The molecule has 0 aromatic rings. The van der Waals surface area contributed by atoms with Crippen LogP contribution in [0.2, 0.25) is 0 Å². The van der Waals surface area contributed by atoms with Crippen molar-refractivity contribution in [3.8, 4) is 0 Å². The van der Waals surface area contributed by atoms with Gasteiger partial charge < -0.3 is 15.3 Å². The number of aliphatic carboxylic acids is 1. The molecular weight excluding hydrogens is 224 g/mol. The number of rotatable bonds is 5. The van der Waals surface area contributed by atoms with Crippen LogP contribution in [0, 0.1) is 0 Å². The van der Waals surface area contributed by atoms with E-state index in [0.717, 1.165) is 11.3 Å². The largest absolute Gasteiger partial charge is 0.480 e. The molecular formula is C11H18N2O4. The maximum absolute atomic E-state index is 11.6. The van der Waals surface area contributed by atoms with Gasteiger partial charge in [0.1, 0.15) is 12.6 Å². The Morgan fingerprint density at radius 1 is 1.59 bits per heavy atom. The van der Waals surface area contributed by atoms with Crippen molar-refractivity contribution in [1.29, 1.82) is 0 Å². The second kappa shape index (κ2) is 5.65. The maximum atomic E-state index is 11.6. The lowest BCUT2D eigenvalue weighted by atomic mass is 10.2. The average Bonchev–Trinajstić information content (AvgIpc) is 2.60. The highest BCUT2D eigenvalue weighted by Crippen LogP contribution is 2.18. The van der Waals surface area contributed by atoms with Gasteiger partial charge in [-0.25, -0.2) is 4.79 Å². The number of carbonyl (C=O) groups excluding carboxylic acids is 2. The van der Waals surface area contributed by atoms with Crippen molar-refractivity contribution in [3.05, 3.63) is 0 Å². The van der Waals surface area contributed by atoms with Gasteiger partial charge in [0.25, 0.3) is 0 Å². The number of nitrogens with zero attached hydrogens (tertiary/aromatic N) is 1. The van der Waals surface area contributed by atoms with Gasteiger partial charge >= 0.3 is 5.97 Å². The summed E-state index contributed by atoms with van der Waals surface area (Å²) in [5, 5.41) is 11.6. The lowest BCUT2D eigenvalue weighted by Gasteiger charge is -2.22. The number of hydrogen-bond acceptors (Lipinski definition) is 3. The van der Waals surface area contributed by atoms with E-state index in [1.807, 2.05) is 13.8 Å². The molecule has 0 radical (unpaired) electrons. The van der Waals surface area contributed by atoms with E-state index in [2.05, 4.69) is 5.32 Å². The third-order valence-corrected chi connectivity index (χ3v) is 2.95.